The van der Waals surface area contributed by atoms with Crippen molar-refractivity contribution >= 4 is 5.69 Å². The van der Waals surface area contributed by atoms with Gasteiger partial charge in [0.2, 0.25) is 0 Å². The van der Waals surface area contributed by atoms with Crippen molar-refractivity contribution in [3.63, 3.8) is 0 Å². The Balaban J connectivity index is 1.96. The Morgan fingerprint density at radius 2 is 2.20 bits per heavy atom. The van der Waals surface area contributed by atoms with Gasteiger partial charge in [-0.2, -0.15) is 0 Å². The fourth-order valence-electron chi connectivity index (χ4n) is 2.80. The molecule has 1 aromatic carbocycles. The van der Waals surface area contributed by atoms with Gasteiger partial charge in [0.1, 0.15) is 11.6 Å². The Kier molecular flexibility index (Phi) is 5.65. The number of halogens is 1. The molecule has 20 heavy (non-hydrogen) atoms. The van der Waals surface area contributed by atoms with Crippen LogP contribution in [0, 0.1) is 5.82 Å². The minimum atomic E-state index is -0.208. The minimum absolute atomic E-state index is 0.208. The SMILES string of the molecule is CCCN1CCCC(Nc2cc(OC)ccc2F)CC1. The molecular weight excluding hydrogens is 255 g/mol. The first-order chi connectivity index (χ1) is 9.72. The minimum Gasteiger partial charge on any atom is -0.497 e. The van der Waals surface area contributed by atoms with Crippen LogP contribution in [0.15, 0.2) is 18.2 Å². The third-order valence-electron chi connectivity index (χ3n) is 3.89. The van der Waals surface area contributed by atoms with Crippen molar-refractivity contribution in [2.45, 2.75) is 38.6 Å². The smallest absolute Gasteiger partial charge is 0.146 e. The average Bonchev–Trinajstić information content (AvgIpc) is 2.67. The molecule has 0 bridgehead atoms. The number of nitrogens with zero attached hydrogens (tertiary/aromatic N) is 1. The summed E-state index contributed by atoms with van der Waals surface area (Å²) in [4.78, 5) is 2.50. The standard InChI is InChI=1S/C16H25FN2O/c1-3-9-19-10-4-5-13(8-11-19)18-16-12-14(20-2)6-7-15(16)17/h6-7,12-13,18H,3-5,8-11H2,1-2H3. The first-order valence-electron chi connectivity index (χ1n) is 7.55. The van der Waals surface area contributed by atoms with Crippen molar-refractivity contribution in [1.29, 1.82) is 0 Å². The van der Waals surface area contributed by atoms with Gasteiger partial charge >= 0.3 is 0 Å². The zero-order valence-corrected chi connectivity index (χ0v) is 12.5. The molecule has 0 spiro atoms. The third-order valence-corrected chi connectivity index (χ3v) is 3.89. The summed E-state index contributed by atoms with van der Waals surface area (Å²) >= 11 is 0. The van der Waals surface area contributed by atoms with Gasteiger partial charge in [0.05, 0.1) is 12.8 Å². The molecule has 1 fully saturated rings. The molecule has 0 radical (unpaired) electrons. The summed E-state index contributed by atoms with van der Waals surface area (Å²) < 4.78 is 19.0. The van der Waals surface area contributed by atoms with Gasteiger partial charge in [0.15, 0.2) is 0 Å². The highest BCUT2D eigenvalue weighted by atomic mass is 19.1. The van der Waals surface area contributed by atoms with Crippen molar-refractivity contribution in [3.05, 3.63) is 24.0 Å². The number of hydrogen-bond donors (Lipinski definition) is 1. The zero-order valence-electron chi connectivity index (χ0n) is 12.5. The number of anilines is 1. The highest BCUT2D eigenvalue weighted by Gasteiger charge is 2.17. The van der Waals surface area contributed by atoms with Crippen molar-refractivity contribution in [2.75, 3.05) is 32.1 Å². The van der Waals surface area contributed by atoms with Gasteiger partial charge in [-0.1, -0.05) is 6.92 Å². The molecule has 1 saturated heterocycles. The van der Waals surface area contributed by atoms with E-state index in [-0.39, 0.29) is 5.82 Å². The zero-order chi connectivity index (χ0) is 14.4. The van der Waals surface area contributed by atoms with Gasteiger partial charge in [-0.3, -0.25) is 0 Å². The first-order valence-corrected chi connectivity index (χ1v) is 7.55. The maximum atomic E-state index is 13.8. The Hall–Kier alpha value is -1.29. The van der Waals surface area contributed by atoms with E-state index in [1.807, 2.05) is 0 Å². The molecule has 1 unspecified atom stereocenters. The quantitative estimate of drug-likeness (QED) is 0.893. The van der Waals surface area contributed by atoms with Crippen LogP contribution in [-0.4, -0.2) is 37.7 Å². The molecule has 2 rings (SSSR count). The molecule has 0 aromatic heterocycles. The Labute approximate surface area is 121 Å². The van der Waals surface area contributed by atoms with Crippen molar-refractivity contribution in [2.24, 2.45) is 0 Å². The van der Waals surface area contributed by atoms with Crippen LogP contribution in [0.3, 0.4) is 0 Å². The van der Waals surface area contributed by atoms with Gasteiger partial charge in [-0.15, -0.1) is 0 Å². The Morgan fingerprint density at radius 1 is 1.35 bits per heavy atom. The summed E-state index contributed by atoms with van der Waals surface area (Å²) in [7, 11) is 1.60. The molecule has 112 valence electrons. The van der Waals surface area contributed by atoms with Crippen LogP contribution in [-0.2, 0) is 0 Å². The average molecular weight is 280 g/mol. The van der Waals surface area contributed by atoms with Crippen LogP contribution in [0.25, 0.3) is 0 Å². The number of benzene rings is 1. The van der Waals surface area contributed by atoms with Crippen molar-refractivity contribution in [3.8, 4) is 5.75 Å². The van der Waals surface area contributed by atoms with E-state index in [0.717, 1.165) is 25.9 Å². The van der Waals surface area contributed by atoms with E-state index in [0.29, 0.717) is 17.5 Å². The molecule has 0 amide bonds. The highest BCUT2D eigenvalue weighted by Crippen LogP contribution is 2.24. The number of ether oxygens (including phenoxy) is 1. The van der Waals surface area contributed by atoms with Gasteiger partial charge in [-0.05, 0) is 50.9 Å². The largest absolute Gasteiger partial charge is 0.497 e. The summed E-state index contributed by atoms with van der Waals surface area (Å²) in [6.07, 6.45) is 4.53. The van der Waals surface area contributed by atoms with Crippen molar-refractivity contribution < 1.29 is 9.13 Å². The first kappa shape index (κ1) is 15.1. The second-order valence-electron chi connectivity index (χ2n) is 5.46. The molecule has 1 aromatic rings. The molecule has 1 aliphatic heterocycles. The summed E-state index contributed by atoms with van der Waals surface area (Å²) in [6.45, 7) is 5.64. The number of likely N-dealkylation sites (tertiary alicyclic amines) is 1. The Bertz CT molecular complexity index is 425. The van der Waals surface area contributed by atoms with E-state index in [1.54, 1.807) is 19.2 Å². The fourth-order valence-corrected chi connectivity index (χ4v) is 2.80. The van der Waals surface area contributed by atoms with Gasteiger partial charge in [0.25, 0.3) is 0 Å². The van der Waals surface area contributed by atoms with E-state index >= 15 is 0 Å². The third kappa shape index (κ3) is 4.10. The van der Waals surface area contributed by atoms with Crippen LogP contribution in [0.1, 0.15) is 32.6 Å². The number of hydrogen-bond acceptors (Lipinski definition) is 3. The van der Waals surface area contributed by atoms with Crippen LogP contribution in [0.4, 0.5) is 10.1 Å². The molecule has 1 N–H and O–H groups in total. The van der Waals surface area contributed by atoms with Crippen LogP contribution >= 0.6 is 0 Å². The lowest BCUT2D eigenvalue weighted by atomic mass is 10.1. The molecule has 0 saturated carbocycles. The molecule has 1 atom stereocenters. The number of rotatable bonds is 5. The lowest BCUT2D eigenvalue weighted by Crippen LogP contribution is -2.27. The summed E-state index contributed by atoms with van der Waals surface area (Å²) in [5.41, 5.74) is 0.554. The molecule has 3 nitrogen and oxygen atoms in total. The number of methoxy groups -OCH3 is 1. The lowest BCUT2D eigenvalue weighted by molar-refractivity contribution is 0.285. The number of nitrogens with one attached hydrogen (secondary N) is 1. The lowest BCUT2D eigenvalue weighted by Gasteiger charge is -2.20. The molecule has 0 aliphatic carbocycles. The predicted molar refractivity (Wildman–Crippen MR) is 80.9 cm³/mol. The second-order valence-corrected chi connectivity index (χ2v) is 5.46. The van der Waals surface area contributed by atoms with E-state index in [9.17, 15) is 4.39 Å². The summed E-state index contributed by atoms with van der Waals surface area (Å²) in [5.74, 6) is 0.482. The summed E-state index contributed by atoms with van der Waals surface area (Å²) in [6, 6.07) is 5.19. The van der Waals surface area contributed by atoms with Crippen LogP contribution < -0.4 is 10.1 Å². The highest BCUT2D eigenvalue weighted by molar-refractivity contribution is 5.50. The van der Waals surface area contributed by atoms with Gasteiger partial charge < -0.3 is 15.0 Å². The normalized spacial score (nSPS) is 20.4. The van der Waals surface area contributed by atoms with Crippen LogP contribution in [0.2, 0.25) is 0 Å². The topological polar surface area (TPSA) is 24.5 Å². The van der Waals surface area contributed by atoms with Gasteiger partial charge in [0, 0.05) is 18.7 Å². The van der Waals surface area contributed by atoms with E-state index in [2.05, 4.69) is 17.1 Å². The van der Waals surface area contributed by atoms with Crippen molar-refractivity contribution in [1.82, 2.24) is 4.90 Å². The maximum Gasteiger partial charge on any atom is 0.146 e. The van der Waals surface area contributed by atoms with E-state index in [1.165, 1.54) is 25.5 Å². The monoisotopic (exact) mass is 280 g/mol. The maximum absolute atomic E-state index is 13.8. The van der Waals surface area contributed by atoms with Gasteiger partial charge in [-0.25, -0.2) is 4.39 Å². The van der Waals surface area contributed by atoms with E-state index in [4.69, 9.17) is 4.74 Å². The molecule has 4 heteroatoms. The van der Waals surface area contributed by atoms with E-state index < -0.39 is 0 Å². The molecule has 1 heterocycles. The fraction of sp³-hybridized carbons (Fsp3) is 0.625. The Morgan fingerprint density at radius 3 is 2.95 bits per heavy atom. The molecule has 1 aliphatic rings. The second kappa shape index (κ2) is 7.48. The van der Waals surface area contributed by atoms with Crippen LogP contribution in [0.5, 0.6) is 5.75 Å². The predicted octanol–water partition coefficient (Wildman–Crippen LogP) is 3.51. The molecular formula is C16H25FN2O. The summed E-state index contributed by atoms with van der Waals surface area (Å²) in [5, 5.41) is 3.34.